The van der Waals surface area contributed by atoms with Crippen LogP contribution < -0.4 is 10.6 Å². The van der Waals surface area contributed by atoms with E-state index in [1.54, 1.807) is 0 Å². The number of hydrogen-bond donors (Lipinski definition) is 2. The number of anilines is 1. The monoisotopic (exact) mass is 312 g/mol. The second kappa shape index (κ2) is 9.02. The molecule has 0 aromatic heterocycles. The Hall–Kier alpha value is -2.02. The number of thiocarbonyl (C=S) groups is 1. The first kappa shape index (κ1) is 17.0. The first-order valence-corrected chi connectivity index (χ1v) is 6.94. The van der Waals surface area contributed by atoms with E-state index in [1.165, 1.54) is 24.3 Å². The van der Waals surface area contributed by atoms with Crippen LogP contribution in [0.3, 0.4) is 0 Å². The van der Waals surface area contributed by atoms with Crippen molar-refractivity contribution >= 4 is 34.9 Å². The summed E-state index contributed by atoms with van der Waals surface area (Å²) >= 11 is 4.94. The molecule has 1 amide bonds. The Balaban J connectivity index is 2.29. The van der Waals surface area contributed by atoms with Crippen molar-refractivity contribution in [2.75, 3.05) is 11.9 Å². The molecular formula is C14H17FN2O3S. The largest absolute Gasteiger partial charge is 0.466 e. The van der Waals surface area contributed by atoms with Gasteiger partial charge in [-0.1, -0.05) is 6.92 Å². The fraction of sp³-hybridized carbons (Fsp3) is 0.357. The number of hydrogen-bond acceptors (Lipinski definition) is 4. The van der Waals surface area contributed by atoms with Crippen molar-refractivity contribution in [3.63, 3.8) is 0 Å². The maximum absolute atomic E-state index is 12.7. The molecule has 0 fully saturated rings. The van der Waals surface area contributed by atoms with Crippen LogP contribution in [0.4, 0.5) is 10.1 Å². The Labute approximate surface area is 127 Å². The molecule has 1 rings (SSSR count). The van der Waals surface area contributed by atoms with Crippen LogP contribution in [-0.2, 0) is 14.3 Å². The molecule has 114 valence electrons. The van der Waals surface area contributed by atoms with Gasteiger partial charge in [0.05, 0.1) is 13.0 Å². The van der Waals surface area contributed by atoms with Crippen LogP contribution in [0.15, 0.2) is 24.3 Å². The number of rotatable bonds is 6. The van der Waals surface area contributed by atoms with Crippen LogP contribution >= 0.6 is 12.2 Å². The molecule has 0 radical (unpaired) electrons. The second-order valence-corrected chi connectivity index (χ2v) is 4.64. The number of amides is 1. The Bertz CT molecular complexity index is 505. The summed E-state index contributed by atoms with van der Waals surface area (Å²) in [6.45, 7) is 2.24. The molecule has 0 heterocycles. The van der Waals surface area contributed by atoms with Gasteiger partial charge < -0.3 is 15.4 Å². The number of nitrogens with one attached hydrogen (secondary N) is 2. The van der Waals surface area contributed by atoms with Gasteiger partial charge in [-0.05, 0) is 42.9 Å². The van der Waals surface area contributed by atoms with E-state index in [0.717, 1.165) is 6.42 Å². The lowest BCUT2D eigenvalue weighted by Crippen LogP contribution is -2.34. The predicted molar refractivity (Wildman–Crippen MR) is 81.2 cm³/mol. The van der Waals surface area contributed by atoms with E-state index < -0.39 is 5.97 Å². The molecule has 0 aliphatic heterocycles. The third-order valence-electron chi connectivity index (χ3n) is 2.38. The summed E-state index contributed by atoms with van der Waals surface area (Å²) in [6, 6.07) is 5.54. The molecular weight excluding hydrogens is 295 g/mol. The third-order valence-corrected chi connectivity index (χ3v) is 2.58. The van der Waals surface area contributed by atoms with E-state index in [4.69, 9.17) is 17.0 Å². The highest BCUT2D eigenvalue weighted by molar-refractivity contribution is 7.80. The van der Waals surface area contributed by atoms with Crippen molar-refractivity contribution < 1.29 is 18.7 Å². The van der Waals surface area contributed by atoms with Gasteiger partial charge in [0.2, 0.25) is 5.91 Å². The van der Waals surface area contributed by atoms with E-state index in [2.05, 4.69) is 10.6 Å². The number of carbonyl (C=O) groups excluding carboxylic acids is 2. The van der Waals surface area contributed by atoms with E-state index >= 15 is 0 Å². The van der Waals surface area contributed by atoms with Gasteiger partial charge in [-0.3, -0.25) is 9.59 Å². The van der Waals surface area contributed by atoms with E-state index in [1.807, 2.05) is 6.92 Å². The van der Waals surface area contributed by atoms with Crippen molar-refractivity contribution in [1.82, 2.24) is 5.32 Å². The Kier molecular flexibility index (Phi) is 7.31. The summed E-state index contributed by atoms with van der Waals surface area (Å²) in [5.74, 6) is -1.16. The number of esters is 1. The van der Waals surface area contributed by atoms with Gasteiger partial charge in [0.25, 0.3) is 0 Å². The fourth-order valence-corrected chi connectivity index (χ4v) is 1.62. The molecule has 0 aliphatic rings. The quantitative estimate of drug-likeness (QED) is 0.623. The van der Waals surface area contributed by atoms with Crippen LogP contribution in [0.2, 0.25) is 0 Å². The molecule has 0 saturated heterocycles. The number of carbonyl (C=O) groups is 2. The van der Waals surface area contributed by atoms with Gasteiger partial charge in [-0.15, -0.1) is 0 Å². The molecule has 21 heavy (non-hydrogen) atoms. The lowest BCUT2D eigenvalue weighted by atomic mass is 10.3. The summed E-state index contributed by atoms with van der Waals surface area (Å²) in [4.78, 5) is 22.8. The van der Waals surface area contributed by atoms with Crippen molar-refractivity contribution in [1.29, 1.82) is 0 Å². The summed E-state index contributed by atoms with van der Waals surface area (Å²) in [7, 11) is 0. The fourth-order valence-electron chi connectivity index (χ4n) is 1.39. The average molecular weight is 312 g/mol. The van der Waals surface area contributed by atoms with Crippen molar-refractivity contribution in [2.24, 2.45) is 0 Å². The number of halogens is 1. The van der Waals surface area contributed by atoms with Crippen LogP contribution in [-0.4, -0.2) is 23.6 Å². The van der Waals surface area contributed by atoms with Gasteiger partial charge in [-0.25, -0.2) is 4.39 Å². The topological polar surface area (TPSA) is 67.4 Å². The Morgan fingerprint density at radius 2 is 1.90 bits per heavy atom. The summed E-state index contributed by atoms with van der Waals surface area (Å²) in [5, 5.41) is 5.26. The minimum absolute atomic E-state index is 0.00496. The highest BCUT2D eigenvalue weighted by Crippen LogP contribution is 2.07. The lowest BCUT2D eigenvalue weighted by Gasteiger charge is -2.09. The molecule has 0 bridgehead atoms. The summed E-state index contributed by atoms with van der Waals surface area (Å²) in [5.41, 5.74) is 0.559. The van der Waals surface area contributed by atoms with E-state index in [9.17, 15) is 14.0 Å². The van der Waals surface area contributed by atoms with Gasteiger partial charge in [-0.2, -0.15) is 0 Å². The van der Waals surface area contributed by atoms with Gasteiger partial charge in [0, 0.05) is 12.1 Å². The average Bonchev–Trinajstić information content (AvgIpc) is 2.45. The maximum Gasteiger partial charge on any atom is 0.306 e. The third kappa shape index (κ3) is 7.36. The molecule has 0 atom stereocenters. The SMILES string of the molecule is CCCOC(=O)CCC(=O)NC(=S)Nc1ccc(F)cc1. The predicted octanol–water partition coefficient (Wildman–Crippen LogP) is 2.37. The molecule has 0 saturated carbocycles. The summed E-state index contributed by atoms with van der Waals surface area (Å²) < 4.78 is 17.6. The van der Waals surface area contributed by atoms with Crippen LogP contribution in [0, 0.1) is 5.82 Å². The maximum atomic E-state index is 12.7. The zero-order valence-corrected chi connectivity index (χ0v) is 12.5. The molecule has 0 spiro atoms. The minimum Gasteiger partial charge on any atom is -0.466 e. The minimum atomic E-state index is -0.413. The highest BCUT2D eigenvalue weighted by atomic mass is 32.1. The van der Waals surface area contributed by atoms with Crippen molar-refractivity contribution in [3.8, 4) is 0 Å². The van der Waals surface area contributed by atoms with Gasteiger partial charge >= 0.3 is 5.97 Å². The lowest BCUT2D eigenvalue weighted by molar-refractivity contribution is -0.144. The normalized spacial score (nSPS) is 9.81. The molecule has 7 heteroatoms. The number of benzene rings is 1. The second-order valence-electron chi connectivity index (χ2n) is 4.23. The zero-order valence-electron chi connectivity index (χ0n) is 11.6. The molecule has 0 unspecified atom stereocenters. The highest BCUT2D eigenvalue weighted by Gasteiger charge is 2.09. The smallest absolute Gasteiger partial charge is 0.306 e. The molecule has 2 N–H and O–H groups in total. The van der Waals surface area contributed by atoms with Gasteiger partial charge in [0.1, 0.15) is 5.82 Å². The van der Waals surface area contributed by atoms with E-state index in [0.29, 0.717) is 12.3 Å². The number of ether oxygens (including phenoxy) is 1. The first-order valence-electron chi connectivity index (χ1n) is 6.53. The van der Waals surface area contributed by atoms with Crippen molar-refractivity contribution in [2.45, 2.75) is 26.2 Å². The van der Waals surface area contributed by atoms with Crippen LogP contribution in [0.25, 0.3) is 0 Å². The molecule has 0 aliphatic carbocycles. The molecule has 5 nitrogen and oxygen atoms in total. The van der Waals surface area contributed by atoms with Crippen LogP contribution in [0.5, 0.6) is 0 Å². The zero-order chi connectivity index (χ0) is 15.7. The summed E-state index contributed by atoms with van der Waals surface area (Å²) in [6.07, 6.45) is 0.738. The molecule has 1 aromatic rings. The molecule has 1 aromatic carbocycles. The van der Waals surface area contributed by atoms with Crippen LogP contribution in [0.1, 0.15) is 26.2 Å². The Morgan fingerprint density at radius 1 is 1.24 bits per heavy atom. The van der Waals surface area contributed by atoms with Crippen molar-refractivity contribution in [3.05, 3.63) is 30.1 Å². The van der Waals surface area contributed by atoms with E-state index in [-0.39, 0.29) is 29.7 Å². The first-order chi connectivity index (χ1) is 10.0. The van der Waals surface area contributed by atoms with Gasteiger partial charge in [0.15, 0.2) is 5.11 Å². The Morgan fingerprint density at radius 3 is 2.52 bits per heavy atom. The standard InChI is InChI=1S/C14H17FN2O3S/c1-2-9-20-13(19)8-7-12(18)17-14(21)16-11-5-3-10(15)4-6-11/h3-6H,2,7-9H2,1H3,(H2,16,17,18,21).